The molecular weight excluding hydrogens is 244 g/mol. The summed E-state index contributed by atoms with van der Waals surface area (Å²) < 4.78 is 0. The van der Waals surface area contributed by atoms with Crippen LogP contribution in [0, 0.1) is 0 Å². The number of ketones is 1. The number of carbonyl (C=O) groups is 1. The Hall–Kier alpha value is -1.89. The van der Waals surface area contributed by atoms with Crippen LogP contribution >= 0.6 is 0 Å². The molecule has 0 aliphatic rings. The molecule has 0 spiro atoms. The van der Waals surface area contributed by atoms with E-state index < -0.39 is 0 Å². The molecule has 1 nitrogen and oxygen atoms in total. The average Bonchev–Trinajstić information content (AvgIpc) is 2.52. The lowest BCUT2D eigenvalue weighted by molar-refractivity contribution is 0.103. The molecule has 0 radical (unpaired) electrons. The normalized spacial score (nSPS) is 9.20. The van der Waals surface area contributed by atoms with Crippen LogP contribution in [0.2, 0.25) is 0 Å². The third kappa shape index (κ3) is 8.25. The molecule has 0 amide bonds. The van der Waals surface area contributed by atoms with Crippen molar-refractivity contribution in [2.24, 2.45) is 0 Å². The van der Waals surface area contributed by atoms with E-state index in [1.54, 1.807) is 12.2 Å². The SMILES string of the molecule is C=C/C(=C\C=C(C)C)C(=O)c1ccccc1.CC.CC. The van der Waals surface area contributed by atoms with E-state index >= 15 is 0 Å². The second-order valence-electron chi connectivity index (χ2n) is 3.77. The van der Waals surface area contributed by atoms with Gasteiger partial charge in [0.15, 0.2) is 5.78 Å². The lowest BCUT2D eigenvalue weighted by atomic mass is 10.0. The summed E-state index contributed by atoms with van der Waals surface area (Å²) in [5.41, 5.74) is 2.46. The zero-order chi connectivity index (χ0) is 16.0. The fourth-order valence-electron chi connectivity index (χ4n) is 1.25. The maximum atomic E-state index is 12.0. The van der Waals surface area contributed by atoms with Crippen molar-refractivity contribution in [2.45, 2.75) is 41.5 Å². The Bertz CT molecular complexity index is 432. The third-order valence-corrected chi connectivity index (χ3v) is 2.11. The van der Waals surface area contributed by atoms with Crippen molar-refractivity contribution >= 4 is 5.78 Å². The Kier molecular flexibility index (Phi) is 13.8. The molecule has 0 aliphatic heterocycles. The first kappa shape index (κ1) is 20.4. The van der Waals surface area contributed by atoms with Gasteiger partial charge in [0, 0.05) is 11.1 Å². The highest BCUT2D eigenvalue weighted by Gasteiger charge is 2.07. The van der Waals surface area contributed by atoms with E-state index in [4.69, 9.17) is 0 Å². The summed E-state index contributed by atoms with van der Waals surface area (Å²) in [4.78, 5) is 12.0. The quantitative estimate of drug-likeness (QED) is 0.373. The number of allylic oxidation sites excluding steroid dienone is 5. The molecule has 0 fully saturated rings. The minimum Gasteiger partial charge on any atom is -0.289 e. The first-order chi connectivity index (χ1) is 9.65. The van der Waals surface area contributed by atoms with Crippen LogP contribution < -0.4 is 0 Å². The standard InChI is InChI=1S/C15H16O.2C2H6/c1-4-13(11-10-12(2)3)15(16)14-8-6-5-7-9-14;2*1-2/h4-11H,1H2,2-3H3;2*1-2H3/b13-11+;;. The molecular formula is C19H28O. The van der Waals surface area contributed by atoms with Gasteiger partial charge in [-0.2, -0.15) is 0 Å². The Labute approximate surface area is 124 Å². The summed E-state index contributed by atoms with van der Waals surface area (Å²) in [5.74, 6) is 0.00750. The highest BCUT2D eigenvalue weighted by molar-refractivity contribution is 6.10. The lowest BCUT2D eigenvalue weighted by Crippen LogP contribution is -2.00. The molecule has 1 aromatic rings. The maximum Gasteiger partial charge on any atom is 0.192 e. The van der Waals surface area contributed by atoms with E-state index in [9.17, 15) is 4.79 Å². The number of rotatable bonds is 4. The van der Waals surface area contributed by atoms with Gasteiger partial charge in [0.1, 0.15) is 0 Å². The molecule has 0 N–H and O–H groups in total. The highest BCUT2D eigenvalue weighted by Crippen LogP contribution is 2.09. The molecule has 0 saturated heterocycles. The average molecular weight is 272 g/mol. The van der Waals surface area contributed by atoms with Crippen molar-refractivity contribution in [2.75, 3.05) is 0 Å². The smallest absolute Gasteiger partial charge is 0.192 e. The minimum atomic E-state index is 0.00750. The van der Waals surface area contributed by atoms with Crippen LogP contribution in [0.4, 0.5) is 0 Å². The summed E-state index contributed by atoms with van der Waals surface area (Å²) in [6.45, 7) is 15.6. The van der Waals surface area contributed by atoms with Gasteiger partial charge in [-0.25, -0.2) is 0 Å². The molecule has 0 unspecified atom stereocenters. The van der Waals surface area contributed by atoms with Gasteiger partial charge in [0.2, 0.25) is 0 Å². The van der Waals surface area contributed by atoms with Crippen LogP contribution in [-0.2, 0) is 0 Å². The van der Waals surface area contributed by atoms with Crippen molar-refractivity contribution in [3.8, 4) is 0 Å². The van der Waals surface area contributed by atoms with Gasteiger partial charge in [-0.15, -0.1) is 0 Å². The van der Waals surface area contributed by atoms with E-state index in [0.29, 0.717) is 11.1 Å². The molecule has 0 saturated carbocycles. The van der Waals surface area contributed by atoms with Gasteiger partial charge in [0.25, 0.3) is 0 Å². The summed E-state index contributed by atoms with van der Waals surface area (Å²) in [6, 6.07) is 9.22. The topological polar surface area (TPSA) is 17.1 Å². The minimum absolute atomic E-state index is 0.00750. The van der Waals surface area contributed by atoms with Gasteiger partial charge >= 0.3 is 0 Å². The van der Waals surface area contributed by atoms with Gasteiger partial charge in [-0.3, -0.25) is 4.79 Å². The Morgan fingerprint density at radius 1 is 0.950 bits per heavy atom. The van der Waals surface area contributed by atoms with Crippen molar-refractivity contribution in [3.05, 3.63) is 71.8 Å². The van der Waals surface area contributed by atoms with E-state index in [0.717, 1.165) is 5.57 Å². The molecule has 0 aliphatic carbocycles. The Balaban J connectivity index is 0. The monoisotopic (exact) mass is 272 g/mol. The zero-order valence-electron chi connectivity index (χ0n) is 13.7. The van der Waals surface area contributed by atoms with Gasteiger partial charge < -0.3 is 0 Å². The second kappa shape index (κ2) is 13.5. The largest absolute Gasteiger partial charge is 0.289 e. The van der Waals surface area contributed by atoms with Gasteiger partial charge in [0.05, 0.1) is 0 Å². The predicted octanol–water partition coefficient (Wildman–Crippen LogP) is 6.00. The molecule has 20 heavy (non-hydrogen) atoms. The third-order valence-electron chi connectivity index (χ3n) is 2.11. The van der Waals surface area contributed by atoms with Crippen LogP contribution in [-0.4, -0.2) is 5.78 Å². The molecule has 0 bridgehead atoms. The number of benzene rings is 1. The van der Waals surface area contributed by atoms with E-state index in [-0.39, 0.29) is 5.78 Å². The van der Waals surface area contributed by atoms with E-state index in [1.165, 1.54) is 0 Å². The van der Waals surface area contributed by atoms with Gasteiger partial charge in [-0.1, -0.05) is 88.4 Å². The van der Waals surface area contributed by atoms with Crippen LogP contribution in [0.3, 0.4) is 0 Å². The van der Waals surface area contributed by atoms with Crippen molar-refractivity contribution < 1.29 is 4.79 Å². The fraction of sp³-hybridized carbons (Fsp3) is 0.316. The first-order valence-electron chi connectivity index (χ1n) is 7.22. The second-order valence-corrected chi connectivity index (χ2v) is 3.77. The summed E-state index contributed by atoms with van der Waals surface area (Å²) in [5, 5.41) is 0. The molecule has 0 atom stereocenters. The molecule has 1 aromatic carbocycles. The van der Waals surface area contributed by atoms with Crippen molar-refractivity contribution in [3.63, 3.8) is 0 Å². The van der Waals surface area contributed by atoms with Gasteiger partial charge in [-0.05, 0) is 13.8 Å². The number of hydrogen-bond acceptors (Lipinski definition) is 1. The van der Waals surface area contributed by atoms with Crippen LogP contribution in [0.5, 0.6) is 0 Å². The summed E-state index contributed by atoms with van der Waals surface area (Å²) in [7, 11) is 0. The van der Waals surface area contributed by atoms with Crippen molar-refractivity contribution in [1.29, 1.82) is 0 Å². The predicted molar refractivity (Wildman–Crippen MR) is 91.2 cm³/mol. The van der Waals surface area contributed by atoms with Crippen LogP contribution in [0.15, 0.2) is 66.3 Å². The molecule has 0 aromatic heterocycles. The van der Waals surface area contributed by atoms with Crippen molar-refractivity contribution in [1.82, 2.24) is 0 Å². The first-order valence-corrected chi connectivity index (χ1v) is 7.22. The number of hydrogen-bond donors (Lipinski definition) is 0. The van der Waals surface area contributed by atoms with E-state index in [1.807, 2.05) is 78.0 Å². The van der Waals surface area contributed by atoms with Crippen LogP contribution in [0.1, 0.15) is 51.9 Å². The number of carbonyl (C=O) groups excluding carboxylic acids is 1. The molecule has 1 heteroatoms. The summed E-state index contributed by atoms with van der Waals surface area (Å²) in [6.07, 6.45) is 5.31. The molecule has 0 heterocycles. The zero-order valence-corrected chi connectivity index (χ0v) is 13.7. The number of Topliss-reactive ketones (excluding diaryl/α,β-unsaturated/α-hetero) is 1. The molecule has 1 rings (SSSR count). The fourth-order valence-corrected chi connectivity index (χ4v) is 1.25. The summed E-state index contributed by atoms with van der Waals surface area (Å²) >= 11 is 0. The van der Waals surface area contributed by atoms with E-state index in [2.05, 4.69) is 6.58 Å². The van der Waals surface area contributed by atoms with Crippen LogP contribution in [0.25, 0.3) is 0 Å². The molecule has 110 valence electrons. The maximum absolute atomic E-state index is 12.0. The Morgan fingerprint density at radius 3 is 1.85 bits per heavy atom. The highest BCUT2D eigenvalue weighted by atomic mass is 16.1. The Morgan fingerprint density at radius 2 is 1.45 bits per heavy atom. The lowest BCUT2D eigenvalue weighted by Gasteiger charge is -2.00.